The number of carbonyl (C=O) groups excluding carboxylic acids is 1. The summed E-state index contributed by atoms with van der Waals surface area (Å²) in [5.41, 5.74) is 0.386. The number of hydrogen-bond acceptors (Lipinski definition) is 4. The van der Waals surface area contributed by atoms with E-state index in [2.05, 4.69) is 4.90 Å². The second kappa shape index (κ2) is 7.21. The van der Waals surface area contributed by atoms with Gasteiger partial charge >= 0.3 is 0 Å². The van der Waals surface area contributed by atoms with Crippen molar-refractivity contribution in [1.29, 1.82) is 0 Å². The van der Waals surface area contributed by atoms with E-state index < -0.39 is 11.9 Å². The Balaban J connectivity index is 1.53. The molecular formula is C17H19FN2O2S. The fourth-order valence-electron chi connectivity index (χ4n) is 2.75. The van der Waals surface area contributed by atoms with Crippen molar-refractivity contribution < 1.29 is 14.3 Å². The topological polar surface area (TPSA) is 43.8 Å². The highest BCUT2D eigenvalue weighted by atomic mass is 32.1. The Labute approximate surface area is 138 Å². The molecule has 0 bridgehead atoms. The maximum Gasteiger partial charge on any atom is 0.254 e. The van der Waals surface area contributed by atoms with Crippen molar-refractivity contribution in [3.63, 3.8) is 0 Å². The second-order valence-corrected chi connectivity index (χ2v) is 6.61. The molecule has 1 aliphatic rings. The number of rotatable bonds is 4. The van der Waals surface area contributed by atoms with Gasteiger partial charge in [0.15, 0.2) is 0 Å². The predicted octanol–water partition coefficient (Wildman–Crippen LogP) is 2.38. The molecule has 0 aliphatic carbocycles. The van der Waals surface area contributed by atoms with Crippen molar-refractivity contribution in [2.45, 2.75) is 6.10 Å². The number of carbonyl (C=O) groups is 1. The zero-order valence-electron chi connectivity index (χ0n) is 12.7. The third kappa shape index (κ3) is 3.96. The SMILES string of the molecule is O=C(c1cccc(F)c1)N1CCN(CC(O)c2cccs2)CC1. The summed E-state index contributed by atoms with van der Waals surface area (Å²) in [5, 5.41) is 12.1. The number of β-amino-alcohol motifs (C(OH)–C–C–N with tert-alkyl or cyclic N) is 1. The Morgan fingerprint density at radius 2 is 2.00 bits per heavy atom. The molecule has 1 aliphatic heterocycles. The number of nitrogens with zero attached hydrogens (tertiary/aromatic N) is 2. The first-order valence-corrected chi connectivity index (χ1v) is 8.50. The second-order valence-electron chi connectivity index (χ2n) is 5.63. The van der Waals surface area contributed by atoms with Crippen LogP contribution in [0.2, 0.25) is 0 Å². The van der Waals surface area contributed by atoms with Crippen LogP contribution in [0.3, 0.4) is 0 Å². The third-order valence-corrected chi connectivity index (χ3v) is 5.01. The van der Waals surface area contributed by atoms with Crippen molar-refractivity contribution >= 4 is 17.2 Å². The lowest BCUT2D eigenvalue weighted by Gasteiger charge is -2.35. The highest BCUT2D eigenvalue weighted by molar-refractivity contribution is 7.10. The van der Waals surface area contributed by atoms with Crippen LogP contribution in [0, 0.1) is 5.82 Å². The fraction of sp³-hybridized carbons (Fsp3) is 0.353. The maximum atomic E-state index is 13.2. The number of aliphatic hydroxyl groups is 1. The van der Waals surface area contributed by atoms with Crippen LogP contribution in [-0.2, 0) is 0 Å². The Bertz CT molecular complexity index is 654. The molecule has 1 aromatic carbocycles. The summed E-state index contributed by atoms with van der Waals surface area (Å²) in [7, 11) is 0. The summed E-state index contributed by atoms with van der Waals surface area (Å²) < 4.78 is 13.2. The van der Waals surface area contributed by atoms with Crippen LogP contribution < -0.4 is 0 Å². The van der Waals surface area contributed by atoms with E-state index in [1.165, 1.54) is 12.1 Å². The van der Waals surface area contributed by atoms with E-state index in [0.29, 0.717) is 38.3 Å². The molecule has 3 rings (SSSR count). The predicted molar refractivity (Wildman–Crippen MR) is 88.0 cm³/mol. The molecule has 1 aromatic heterocycles. The van der Waals surface area contributed by atoms with E-state index in [0.717, 1.165) is 4.88 Å². The molecule has 4 nitrogen and oxygen atoms in total. The Morgan fingerprint density at radius 3 is 2.65 bits per heavy atom. The molecule has 1 amide bonds. The Hall–Kier alpha value is -1.76. The molecule has 1 N–H and O–H groups in total. The first-order chi connectivity index (χ1) is 11.1. The summed E-state index contributed by atoms with van der Waals surface area (Å²) in [5.74, 6) is -0.531. The zero-order valence-corrected chi connectivity index (χ0v) is 13.5. The highest BCUT2D eigenvalue weighted by Crippen LogP contribution is 2.20. The average molecular weight is 334 g/mol. The molecule has 2 aromatic rings. The molecule has 0 saturated carbocycles. The first kappa shape index (κ1) is 16.1. The molecule has 1 atom stereocenters. The van der Waals surface area contributed by atoms with Gasteiger partial charge in [0.2, 0.25) is 0 Å². The molecule has 1 unspecified atom stereocenters. The van der Waals surface area contributed by atoms with E-state index >= 15 is 0 Å². The highest BCUT2D eigenvalue weighted by Gasteiger charge is 2.24. The number of thiophene rings is 1. The van der Waals surface area contributed by atoms with Gasteiger partial charge in [0.05, 0.1) is 0 Å². The fourth-order valence-corrected chi connectivity index (χ4v) is 3.46. The average Bonchev–Trinajstić information content (AvgIpc) is 3.09. The number of halogens is 1. The summed E-state index contributed by atoms with van der Waals surface area (Å²) in [6.45, 7) is 3.18. The van der Waals surface area contributed by atoms with Gasteiger partial charge < -0.3 is 10.0 Å². The summed E-state index contributed by atoms with van der Waals surface area (Å²) >= 11 is 1.55. The van der Waals surface area contributed by atoms with Crippen LogP contribution in [0.25, 0.3) is 0 Å². The Morgan fingerprint density at radius 1 is 1.22 bits per heavy atom. The van der Waals surface area contributed by atoms with Crippen molar-refractivity contribution in [1.82, 2.24) is 9.80 Å². The van der Waals surface area contributed by atoms with E-state index in [9.17, 15) is 14.3 Å². The molecule has 23 heavy (non-hydrogen) atoms. The van der Waals surface area contributed by atoms with Crippen LogP contribution in [-0.4, -0.2) is 53.5 Å². The maximum absolute atomic E-state index is 13.2. The molecule has 1 fully saturated rings. The van der Waals surface area contributed by atoms with Gasteiger partial charge in [0.1, 0.15) is 11.9 Å². The normalized spacial score (nSPS) is 17.2. The summed E-state index contributed by atoms with van der Waals surface area (Å²) in [4.78, 5) is 17.2. The van der Waals surface area contributed by atoms with Crippen molar-refractivity contribution in [3.8, 4) is 0 Å². The van der Waals surface area contributed by atoms with Gasteiger partial charge in [-0.2, -0.15) is 0 Å². The van der Waals surface area contributed by atoms with E-state index in [1.807, 2.05) is 17.5 Å². The number of piperazine rings is 1. The van der Waals surface area contributed by atoms with Crippen LogP contribution >= 0.6 is 11.3 Å². The smallest absolute Gasteiger partial charge is 0.254 e. The van der Waals surface area contributed by atoms with Crippen molar-refractivity contribution in [3.05, 3.63) is 58.0 Å². The van der Waals surface area contributed by atoms with Crippen LogP contribution in [0.1, 0.15) is 21.3 Å². The van der Waals surface area contributed by atoms with Gasteiger partial charge in [-0.05, 0) is 29.6 Å². The van der Waals surface area contributed by atoms with Gasteiger partial charge in [0.25, 0.3) is 5.91 Å². The van der Waals surface area contributed by atoms with Crippen LogP contribution in [0.4, 0.5) is 4.39 Å². The lowest BCUT2D eigenvalue weighted by atomic mass is 10.1. The van der Waals surface area contributed by atoms with Gasteiger partial charge in [0, 0.05) is 43.2 Å². The third-order valence-electron chi connectivity index (χ3n) is 4.03. The Kier molecular flexibility index (Phi) is 5.05. The minimum Gasteiger partial charge on any atom is -0.386 e. The minimum atomic E-state index is -0.486. The van der Waals surface area contributed by atoms with Crippen LogP contribution in [0.15, 0.2) is 41.8 Å². The summed E-state index contributed by atoms with van der Waals surface area (Å²) in [6, 6.07) is 9.66. The minimum absolute atomic E-state index is 0.136. The van der Waals surface area contributed by atoms with Crippen molar-refractivity contribution in [2.75, 3.05) is 32.7 Å². The van der Waals surface area contributed by atoms with E-state index in [1.54, 1.807) is 28.4 Å². The molecular weight excluding hydrogens is 315 g/mol. The molecule has 0 radical (unpaired) electrons. The number of benzene rings is 1. The molecule has 2 heterocycles. The van der Waals surface area contributed by atoms with Gasteiger partial charge in [-0.15, -0.1) is 11.3 Å². The number of amides is 1. The van der Waals surface area contributed by atoms with Gasteiger partial charge in [-0.1, -0.05) is 12.1 Å². The standard InChI is InChI=1S/C17H19FN2O2S/c18-14-4-1-3-13(11-14)17(22)20-8-6-19(7-9-20)12-15(21)16-5-2-10-23-16/h1-5,10-11,15,21H,6-9,12H2. The monoisotopic (exact) mass is 334 g/mol. The van der Waals surface area contributed by atoms with E-state index in [-0.39, 0.29) is 5.91 Å². The molecule has 122 valence electrons. The molecule has 6 heteroatoms. The quantitative estimate of drug-likeness (QED) is 0.934. The number of hydrogen-bond donors (Lipinski definition) is 1. The van der Waals surface area contributed by atoms with Crippen molar-refractivity contribution in [2.24, 2.45) is 0 Å². The largest absolute Gasteiger partial charge is 0.386 e. The molecule has 0 spiro atoms. The zero-order chi connectivity index (χ0) is 16.2. The first-order valence-electron chi connectivity index (χ1n) is 7.62. The van der Waals surface area contributed by atoms with E-state index in [4.69, 9.17) is 0 Å². The molecule has 1 saturated heterocycles. The van der Waals surface area contributed by atoms with Gasteiger partial charge in [-0.25, -0.2) is 4.39 Å². The van der Waals surface area contributed by atoms with Gasteiger partial charge in [-0.3, -0.25) is 9.69 Å². The number of aliphatic hydroxyl groups excluding tert-OH is 1. The lowest BCUT2D eigenvalue weighted by Crippen LogP contribution is -2.49. The lowest BCUT2D eigenvalue weighted by molar-refractivity contribution is 0.0532. The summed E-state index contributed by atoms with van der Waals surface area (Å²) in [6.07, 6.45) is -0.486. The van der Waals surface area contributed by atoms with Crippen LogP contribution in [0.5, 0.6) is 0 Å².